The van der Waals surface area contributed by atoms with Crippen molar-refractivity contribution < 1.29 is 5.11 Å². The minimum Gasteiger partial charge on any atom is -0.396 e. The third-order valence-corrected chi connectivity index (χ3v) is 5.71. The molecule has 3 rings (SSSR count). The van der Waals surface area contributed by atoms with E-state index in [-0.39, 0.29) is 12.0 Å². The van der Waals surface area contributed by atoms with Gasteiger partial charge in [0, 0.05) is 16.8 Å². The second-order valence-electron chi connectivity index (χ2n) is 5.90. The van der Waals surface area contributed by atoms with Crippen molar-refractivity contribution in [1.29, 1.82) is 0 Å². The lowest BCUT2D eigenvalue weighted by molar-refractivity contribution is 0.142. The molecule has 0 aliphatic heterocycles. The molecule has 2 heterocycles. The molecule has 1 aliphatic rings. The summed E-state index contributed by atoms with van der Waals surface area (Å²) < 4.78 is 0. The standard InChI is InChI=1S/C15H21N3OS/c1-10-11(2)20-14-12(10)13(17-9-18-14)16-7-15(8-19)5-3-4-6-15/h9,19H,3-8H2,1-2H3,(H,16,17,18). The minimum absolute atomic E-state index is 0.0379. The normalized spacial score (nSPS) is 17.8. The van der Waals surface area contributed by atoms with E-state index in [0.29, 0.717) is 0 Å². The molecule has 2 N–H and O–H groups in total. The summed E-state index contributed by atoms with van der Waals surface area (Å²) >= 11 is 1.72. The molecule has 0 amide bonds. The van der Waals surface area contributed by atoms with Crippen LogP contribution in [0.25, 0.3) is 10.2 Å². The lowest BCUT2D eigenvalue weighted by atomic mass is 9.87. The maximum Gasteiger partial charge on any atom is 0.138 e. The van der Waals surface area contributed by atoms with Crippen LogP contribution in [-0.4, -0.2) is 28.2 Å². The maximum atomic E-state index is 9.70. The molecule has 1 aliphatic carbocycles. The summed E-state index contributed by atoms with van der Waals surface area (Å²) in [6.45, 7) is 5.30. The molecule has 5 heteroatoms. The van der Waals surface area contributed by atoms with Crippen molar-refractivity contribution in [2.75, 3.05) is 18.5 Å². The first-order chi connectivity index (χ1) is 9.65. The van der Waals surface area contributed by atoms with E-state index in [0.717, 1.165) is 35.4 Å². The molecule has 4 nitrogen and oxygen atoms in total. The average molecular weight is 291 g/mol. The fourth-order valence-corrected chi connectivity index (χ4v) is 4.10. The Morgan fingerprint density at radius 3 is 2.75 bits per heavy atom. The summed E-state index contributed by atoms with van der Waals surface area (Å²) in [6, 6.07) is 0. The number of aliphatic hydroxyl groups excluding tert-OH is 1. The second-order valence-corrected chi connectivity index (χ2v) is 7.11. The van der Waals surface area contributed by atoms with Crippen LogP contribution in [0.15, 0.2) is 6.33 Å². The summed E-state index contributed by atoms with van der Waals surface area (Å²) in [7, 11) is 0. The summed E-state index contributed by atoms with van der Waals surface area (Å²) in [5.74, 6) is 0.913. The molecule has 0 aromatic carbocycles. The zero-order valence-corrected chi connectivity index (χ0v) is 12.9. The lowest BCUT2D eigenvalue weighted by Crippen LogP contribution is -2.30. The van der Waals surface area contributed by atoms with Gasteiger partial charge in [0.2, 0.25) is 0 Å². The van der Waals surface area contributed by atoms with Crippen molar-refractivity contribution in [3.63, 3.8) is 0 Å². The number of aliphatic hydroxyl groups is 1. The van der Waals surface area contributed by atoms with E-state index in [9.17, 15) is 5.11 Å². The molecule has 0 atom stereocenters. The predicted octanol–water partition coefficient (Wildman–Crippen LogP) is 3.27. The molecule has 1 fully saturated rings. The molecule has 2 aromatic heterocycles. The molecular formula is C15H21N3OS. The van der Waals surface area contributed by atoms with Crippen LogP contribution in [0.5, 0.6) is 0 Å². The topological polar surface area (TPSA) is 58.0 Å². The van der Waals surface area contributed by atoms with Crippen LogP contribution in [0.1, 0.15) is 36.1 Å². The molecule has 1 saturated carbocycles. The Hall–Kier alpha value is -1.20. The van der Waals surface area contributed by atoms with Crippen molar-refractivity contribution in [2.24, 2.45) is 5.41 Å². The lowest BCUT2D eigenvalue weighted by Gasteiger charge is -2.27. The fraction of sp³-hybridized carbons (Fsp3) is 0.600. The van der Waals surface area contributed by atoms with Gasteiger partial charge in [-0.2, -0.15) is 0 Å². The minimum atomic E-state index is 0.0379. The Morgan fingerprint density at radius 1 is 1.30 bits per heavy atom. The van der Waals surface area contributed by atoms with E-state index in [2.05, 4.69) is 29.1 Å². The molecule has 0 radical (unpaired) electrons. The molecular weight excluding hydrogens is 270 g/mol. The van der Waals surface area contributed by atoms with Gasteiger partial charge in [0.25, 0.3) is 0 Å². The van der Waals surface area contributed by atoms with Crippen molar-refractivity contribution >= 4 is 27.4 Å². The number of aryl methyl sites for hydroxylation is 2. The van der Waals surface area contributed by atoms with E-state index >= 15 is 0 Å². The highest BCUT2D eigenvalue weighted by Gasteiger charge is 2.33. The Bertz CT molecular complexity index is 617. The van der Waals surface area contributed by atoms with Crippen LogP contribution >= 0.6 is 11.3 Å². The van der Waals surface area contributed by atoms with E-state index < -0.39 is 0 Å². The Balaban J connectivity index is 1.87. The molecule has 108 valence electrons. The van der Waals surface area contributed by atoms with E-state index in [4.69, 9.17) is 0 Å². The van der Waals surface area contributed by atoms with Gasteiger partial charge in [-0.25, -0.2) is 9.97 Å². The second kappa shape index (κ2) is 5.30. The predicted molar refractivity (Wildman–Crippen MR) is 83.4 cm³/mol. The highest BCUT2D eigenvalue weighted by atomic mass is 32.1. The number of rotatable bonds is 4. The van der Waals surface area contributed by atoms with Crippen molar-refractivity contribution in [1.82, 2.24) is 9.97 Å². The first-order valence-electron chi connectivity index (χ1n) is 7.21. The number of anilines is 1. The van der Waals surface area contributed by atoms with E-state index in [1.54, 1.807) is 17.7 Å². The number of hydrogen-bond donors (Lipinski definition) is 2. The van der Waals surface area contributed by atoms with Gasteiger partial charge in [-0.1, -0.05) is 12.8 Å². The summed E-state index contributed by atoms with van der Waals surface area (Å²) in [6.07, 6.45) is 6.27. The zero-order valence-electron chi connectivity index (χ0n) is 12.1. The van der Waals surface area contributed by atoms with Gasteiger partial charge in [0.1, 0.15) is 17.0 Å². The Labute approximate surface area is 123 Å². The molecule has 0 spiro atoms. The van der Waals surface area contributed by atoms with Gasteiger partial charge in [0.15, 0.2) is 0 Å². The number of thiophene rings is 1. The van der Waals surface area contributed by atoms with Gasteiger partial charge in [-0.15, -0.1) is 11.3 Å². The van der Waals surface area contributed by atoms with Crippen LogP contribution in [0.4, 0.5) is 5.82 Å². The molecule has 0 bridgehead atoms. The first-order valence-corrected chi connectivity index (χ1v) is 8.02. The van der Waals surface area contributed by atoms with Gasteiger partial charge in [0.05, 0.1) is 12.0 Å². The van der Waals surface area contributed by atoms with Gasteiger partial charge < -0.3 is 10.4 Å². The van der Waals surface area contributed by atoms with E-state index in [1.807, 2.05) is 0 Å². The van der Waals surface area contributed by atoms with Gasteiger partial charge in [-0.3, -0.25) is 0 Å². The summed E-state index contributed by atoms with van der Waals surface area (Å²) in [4.78, 5) is 11.1. The average Bonchev–Trinajstić information content (AvgIpc) is 3.04. The highest BCUT2D eigenvalue weighted by molar-refractivity contribution is 7.18. The Morgan fingerprint density at radius 2 is 2.05 bits per heavy atom. The number of nitrogens with zero attached hydrogens (tertiary/aromatic N) is 2. The number of aromatic nitrogens is 2. The van der Waals surface area contributed by atoms with Gasteiger partial charge in [-0.05, 0) is 32.3 Å². The first kappa shape index (κ1) is 13.8. The molecule has 2 aromatic rings. The maximum absolute atomic E-state index is 9.70. The molecule has 0 unspecified atom stereocenters. The van der Waals surface area contributed by atoms with Crippen LogP contribution in [0.2, 0.25) is 0 Å². The summed E-state index contributed by atoms with van der Waals surface area (Å²) in [5, 5.41) is 14.3. The number of nitrogens with one attached hydrogen (secondary N) is 1. The summed E-state index contributed by atoms with van der Waals surface area (Å²) in [5.41, 5.74) is 1.30. The highest BCUT2D eigenvalue weighted by Crippen LogP contribution is 2.38. The number of hydrogen-bond acceptors (Lipinski definition) is 5. The third kappa shape index (κ3) is 2.29. The van der Waals surface area contributed by atoms with Crippen LogP contribution < -0.4 is 5.32 Å². The molecule has 0 saturated heterocycles. The zero-order chi connectivity index (χ0) is 14.2. The number of fused-ring (bicyclic) bond motifs is 1. The smallest absolute Gasteiger partial charge is 0.138 e. The van der Waals surface area contributed by atoms with Crippen molar-refractivity contribution in [2.45, 2.75) is 39.5 Å². The largest absolute Gasteiger partial charge is 0.396 e. The van der Waals surface area contributed by atoms with Crippen molar-refractivity contribution in [3.05, 3.63) is 16.8 Å². The van der Waals surface area contributed by atoms with Crippen LogP contribution in [0, 0.1) is 19.3 Å². The van der Waals surface area contributed by atoms with Crippen LogP contribution in [-0.2, 0) is 0 Å². The monoisotopic (exact) mass is 291 g/mol. The fourth-order valence-electron chi connectivity index (χ4n) is 3.10. The SMILES string of the molecule is Cc1sc2ncnc(NCC3(CO)CCCC3)c2c1C. The quantitative estimate of drug-likeness (QED) is 0.907. The van der Waals surface area contributed by atoms with Crippen LogP contribution in [0.3, 0.4) is 0 Å². The molecule has 20 heavy (non-hydrogen) atoms. The van der Waals surface area contributed by atoms with Crippen molar-refractivity contribution in [3.8, 4) is 0 Å². The third-order valence-electron chi connectivity index (χ3n) is 4.60. The Kier molecular flexibility index (Phi) is 3.65. The van der Waals surface area contributed by atoms with E-state index in [1.165, 1.54) is 23.3 Å². The van der Waals surface area contributed by atoms with Gasteiger partial charge >= 0.3 is 0 Å².